The number of hydrogen-bond acceptors (Lipinski definition) is 8. The molecule has 0 atom stereocenters. The van der Waals surface area contributed by atoms with Gasteiger partial charge in [0.2, 0.25) is 10.0 Å². The van der Waals surface area contributed by atoms with E-state index in [0.717, 1.165) is 42.9 Å². The van der Waals surface area contributed by atoms with Crippen molar-refractivity contribution in [2.24, 2.45) is 0 Å². The van der Waals surface area contributed by atoms with E-state index in [0.29, 0.717) is 49.1 Å². The second kappa shape index (κ2) is 11.1. The van der Waals surface area contributed by atoms with E-state index in [1.807, 2.05) is 13.8 Å². The van der Waals surface area contributed by atoms with Crippen molar-refractivity contribution in [1.82, 2.24) is 9.46 Å². The van der Waals surface area contributed by atoms with Crippen LogP contribution < -0.4 is 15.0 Å². The van der Waals surface area contributed by atoms with Crippen LogP contribution in [0.15, 0.2) is 51.9 Å². The van der Waals surface area contributed by atoms with Gasteiger partial charge < -0.3 is 24.2 Å². The minimum atomic E-state index is -3.72. The van der Waals surface area contributed by atoms with E-state index in [1.54, 1.807) is 42.5 Å². The first kappa shape index (κ1) is 26.2. The number of rotatable bonds is 8. The first-order valence-corrected chi connectivity index (χ1v) is 14.2. The molecule has 0 bridgehead atoms. The Morgan fingerprint density at radius 2 is 1.82 bits per heavy atom. The highest BCUT2D eigenvalue weighted by Crippen LogP contribution is 2.33. The SMILES string of the molecule is Cc1noc(C)c1COc1cccc(C(=O)Nc2cc(S(=O)(=O)N3CCOCC3)ccc2N2CCCC2)c1. The van der Waals surface area contributed by atoms with Gasteiger partial charge in [0.1, 0.15) is 18.1 Å². The minimum absolute atomic E-state index is 0.147. The molecule has 202 valence electrons. The van der Waals surface area contributed by atoms with Crippen LogP contribution in [0.4, 0.5) is 11.4 Å². The molecule has 1 N–H and O–H groups in total. The van der Waals surface area contributed by atoms with Gasteiger partial charge in [0.15, 0.2) is 0 Å². The Labute approximate surface area is 222 Å². The van der Waals surface area contributed by atoms with Gasteiger partial charge in [0, 0.05) is 31.7 Å². The molecule has 0 saturated carbocycles. The molecule has 3 heterocycles. The molecule has 2 saturated heterocycles. The lowest BCUT2D eigenvalue weighted by molar-refractivity contribution is 0.0730. The summed E-state index contributed by atoms with van der Waals surface area (Å²) in [6, 6.07) is 11.9. The molecule has 38 heavy (non-hydrogen) atoms. The first-order valence-electron chi connectivity index (χ1n) is 12.8. The van der Waals surface area contributed by atoms with Gasteiger partial charge in [0.05, 0.1) is 40.7 Å². The van der Waals surface area contributed by atoms with E-state index in [4.69, 9.17) is 14.0 Å². The smallest absolute Gasteiger partial charge is 0.255 e. The zero-order valence-corrected chi connectivity index (χ0v) is 22.4. The van der Waals surface area contributed by atoms with Gasteiger partial charge in [0.25, 0.3) is 5.91 Å². The van der Waals surface area contributed by atoms with Crippen LogP contribution in [0.5, 0.6) is 5.75 Å². The fraction of sp³-hybridized carbons (Fsp3) is 0.407. The Morgan fingerprint density at radius 3 is 2.53 bits per heavy atom. The van der Waals surface area contributed by atoms with Crippen LogP contribution >= 0.6 is 0 Å². The van der Waals surface area contributed by atoms with Gasteiger partial charge in [-0.3, -0.25) is 4.79 Å². The molecular formula is C27H32N4O6S. The number of sulfonamides is 1. The number of nitrogens with one attached hydrogen (secondary N) is 1. The minimum Gasteiger partial charge on any atom is -0.489 e. The topological polar surface area (TPSA) is 114 Å². The zero-order valence-electron chi connectivity index (χ0n) is 21.6. The fourth-order valence-electron chi connectivity index (χ4n) is 4.73. The number of aryl methyl sites for hydroxylation is 2. The number of benzene rings is 2. The molecule has 0 spiro atoms. The summed E-state index contributed by atoms with van der Waals surface area (Å²) in [5.41, 5.74) is 3.30. The summed E-state index contributed by atoms with van der Waals surface area (Å²) in [4.78, 5) is 15.7. The average molecular weight is 541 g/mol. The second-order valence-corrected chi connectivity index (χ2v) is 11.4. The van der Waals surface area contributed by atoms with Crippen molar-refractivity contribution in [3.8, 4) is 5.75 Å². The van der Waals surface area contributed by atoms with E-state index in [1.165, 1.54) is 4.31 Å². The van der Waals surface area contributed by atoms with Gasteiger partial charge >= 0.3 is 0 Å². The molecular weight excluding hydrogens is 508 g/mol. The molecule has 0 radical (unpaired) electrons. The quantitative estimate of drug-likeness (QED) is 0.460. The van der Waals surface area contributed by atoms with E-state index in [-0.39, 0.29) is 17.4 Å². The molecule has 2 fully saturated rings. The molecule has 0 aliphatic carbocycles. The molecule has 2 aliphatic heterocycles. The Balaban J connectivity index is 1.38. The zero-order chi connectivity index (χ0) is 26.7. The normalized spacial score (nSPS) is 16.5. The molecule has 1 amide bonds. The van der Waals surface area contributed by atoms with Gasteiger partial charge in [-0.05, 0) is 63.1 Å². The van der Waals surface area contributed by atoms with Crippen molar-refractivity contribution in [2.45, 2.75) is 38.2 Å². The standard InChI is InChI=1S/C27H32N4O6S/c1-19-24(20(2)37-29-19)18-36-22-7-5-6-21(16-22)27(32)28-25-17-23(8-9-26(25)30-10-3-4-11-30)38(33,34)31-12-14-35-15-13-31/h5-9,16-17H,3-4,10-15,18H2,1-2H3,(H,28,32). The molecule has 11 heteroatoms. The lowest BCUT2D eigenvalue weighted by Crippen LogP contribution is -2.40. The summed E-state index contributed by atoms with van der Waals surface area (Å²) in [6.07, 6.45) is 2.09. The molecule has 0 unspecified atom stereocenters. The van der Waals surface area contributed by atoms with Crippen LogP contribution in [0.3, 0.4) is 0 Å². The van der Waals surface area contributed by atoms with E-state index in [2.05, 4.69) is 15.4 Å². The maximum absolute atomic E-state index is 13.4. The maximum Gasteiger partial charge on any atom is 0.255 e. The molecule has 2 aromatic carbocycles. The molecule has 2 aliphatic rings. The summed E-state index contributed by atoms with van der Waals surface area (Å²) >= 11 is 0. The van der Waals surface area contributed by atoms with Crippen LogP contribution in [0.1, 0.15) is 40.2 Å². The van der Waals surface area contributed by atoms with Crippen molar-refractivity contribution >= 4 is 27.3 Å². The maximum atomic E-state index is 13.4. The van der Waals surface area contributed by atoms with Crippen LogP contribution in [0, 0.1) is 13.8 Å². The molecule has 5 rings (SSSR count). The molecule has 3 aromatic rings. The highest BCUT2D eigenvalue weighted by atomic mass is 32.2. The number of anilines is 2. The highest BCUT2D eigenvalue weighted by molar-refractivity contribution is 7.89. The lowest BCUT2D eigenvalue weighted by atomic mass is 10.1. The number of amides is 1. The number of nitrogens with zero attached hydrogens (tertiary/aromatic N) is 3. The molecule has 10 nitrogen and oxygen atoms in total. The molecule has 1 aromatic heterocycles. The number of morpholine rings is 1. The summed E-state index contributed by atoms with van der Waals surface area (Å²) in [6.45, 7) is 6.99. The number of carbonyl (C=O) groups is 1. The monoisotopic (exact) mass is 540 g/mol. The van der Waals surface area contributed by atoms with Crippen molar-refractivity contribution < 1.29 is 27.2 Å². The third-order valence-corrected chi connectivity index (χ3v) is 8.83. The summed E-state index contributed by atoms with van der Waals surface area (Å²) in [7, 11) is -3.72. The van der Waals surface area contributed by atoms with Crippen molar-refractivity contribution in [1.29, 1.82) is 0 Å². The Bertz CT molecular complexity index is 1390. The van der Waals surface area contributed by atoms with Crippen molar-refractivity contribution in [3.05, 3.63) is 65.0 Å². The van der Waals surface area contributed by atoms with E-state index >= 15 is 0 Å². The van der Waals surface area contributed by atoms with Gasteiger partial charge in [-0.2, -0.15) is 4.31 Å². The average Bonchev–Trinajstić information content (AvgIpc) is 3.58. The second-order valence-electron chi connectivity index (χ2n) is 9.46. The van der Waals surface area contributed by atoms with Gasteiger partial charge in [-0.25, -0.2) is 8.42 Å². The van der Waals surface area contributed by atoms with E-state index in [9.17, 15) is 13.2 Å². The summed E-state index contributed by atoms with van der Waals surface area (Å²) < 4.78 is 44.4. The summed E-state index contributed by atoms with van der Waals surface area (Å²) in [5, 5.41) is 6.91. The summed E-state index contributed by atoms with van der Waals surface area (Å²) in [5.74, 6) is 0.868. The van der Waals surface area contributed by atoms with Crippen molar-refractivity contribution in [2.75, 3.05) is 49.6 Å². The third-order valence-electron chi connectivity index (χ3n) is 6.93. The van der Waals surface area contributed by atoms with Crippen molar-refractivity contribution in [3.63, 3.8) is 0 Å². The highest BCUT2D eigenvalue weighted by Gasteiger charge is 2.28. The van der Waals surface area contributed by atoms with Gasteiger partial charge in [-0.15, -0.1) is 0 Å². The Kier molecular flexibility index (Phi) is 7.68. The van der Waals surface area contributed by atoms with Crippen LogP contribution in [-0.4, -0.2) is 63.2 Å². The Morgan fingerprint density at radius 1 is 1.05 bits per heavy atom. The number of carbonyl (C=O) groups excluding carboxylic acids is 1. The third kappa shape index (κ3) is 5.54. The van der Waals surface area contributed by atoms with Crippen LogP contribution in [-0.2, 0) is 21.4 Å². The predicted octanol–water partition coefficient (Wildman–Crippen LogP) is 3.74. The number of aromatic nitrogens is 1. The number of hydrogen-bond donors (Lipinski definition) is 1. The Hall–Kier alpha value is -3.41. The fourth-order valence-corrected chi connectivity index (χ4v) is 6.17. The van der Waals surface area contributed by atoms with Gasteiger partial charge in [-0.1, -0.05) is 11.2 Å². The predicted molar refractivity (Wildman–Crippen MR) is 142 cm³/mol. The first-order chi connectivity index (χ1) is 18.3. The van der Waals surface area contributed by atoms with Crippen LogP contribution in [0.25, 0.3) is 0 Å². The number of ether oxygens (including phenoxy) is 2. The largest absolute Gasteiger partial charge is 0.489 e. The van der Waals surface area contributed by atoms with Crippen LogP contribution in [0.2, 0.25) is 0 Å². The lowest BCUT2D eigenvalue weighted by Gasteiger charge is -2.27. The van der Waals surface area contributed by atoms with E-state index < -0.39 is 10.0 Å².